The van der Waals surface area contributed by atoms with E-state index < -0.39 is 6.09 Å². The maximum atomic E-state index is 12.9. The smallest absolute Gasteiger partial charge is 0.407 e. The van der Waals surface area contributed by atoms with Crippen molar-refractivity contribution in [1.82, 2.24) is 19.8 Å². The Morgan fingerprint density at radius 2 is 1.68 bits per heavy atom. The van der Waals surface area contributed by atoms with Crippen molar-refractivity contribution in [1.29, 1.82) is 0 Å². The lowest BCUT2D eigenvalue weighted by atomic mass is 9.91. The molecule has 1 saturated heterocycles. The Kier molecular flexibility index (Phi) is 7.30. The number of nitrogens with one attached hydrogen (secondary N) is 1. The predicted molar refractivity (Wildman–Crippen MR) is 144 cm³/mol. The van der Waals surface area contributed by atoms with Gasteiger partial charge >= 0.3 is 12.1 Å². The number of carbonyl (C=O) groups excluding carboxylic acids is 1. The zero-order chi connectivity index (χ0) is 26.6. The fourth-order valence-electron chi connectivity index (χ4n) is 5.16. The van der Waals surface area contributed by atoms with Gasteiger partial charge in [0.05, 0.1) is 25.4 Å². The fourth-order valence-corrected chi connectivity index (χ4v) is 5.16. The van der Waals surface area contributed by atoms with Gasteiger partial charge in [0.15, 0.2) is 11.5 Å². The highest BCUT2D eigenvalue weighted by atomic mass is 16.5. The number of ether oxygens (including phenoxy) is 2. The van der Waals surface area contributed by atoms with E-state index in [1.54, 1.807) is 20.5 Å². The summed E-state index contributed by atoms with van der Waals surface area (Å²) in [6.07, 6.45) is 4.91. The Hall–Kier alpha value is -4.34. The molecule has 3 aromatic rings. The van der Waals surface area contributed by atoms with Crippen molar-refractivity contribution in [2.45, 2.75) is 25.2 Å². The average molecular weight is 518 g/mol. The minimum atomic E-state index is -0.895. The third-order valence-corrected chi connectivity index (χ3v) is 7.33. The summed E-state index contributed by atoms with van der Waals surface area (Å²) in [7, 11) is 3.21. The van der Waals surface area contributed by atoms with Gasteiger partial charge in [0, 0.05) is 49.2 Å². The molecule has 0 aliphatic carbocycles. The Morgan fingerprint density at radius 3 is 2.32 bits per heavy atom. The van der Waals surface area contributed by atoms with Gasteiger partial charge in [0.1, 0.15) is 6.33 Å². The lowest BCUT2D eigenvalue weighted by molar-refractivity contribution is 0.150. The number of methoxy groups -OCH3 is 2. The number of urea groups is 1. The van der Waals surface area contributed by atoms with Gasteiger partial charge in [-0.05, 0) is 48.6 Å². The number of carboxylic acid groups (broad SMARTS) is 1. The third-order valence-electron chi connectivity index (χ3n) is 7.33. The molecule has 3 amide bonds. The van der Waals surface area contributed by atoms with E-state index in [0.717, 1.165) is 46.3 Å². The first kappa shape index (κ1) is 25.3. The molecule has 2 aliphatic rings. The van der Waals surface area contributed by atoms with Gasteiger partial charge in [0.2, 0.25) is 0 Å². The van der Waals surface area contributed by atoms with E-state index in [0.29, 0.717) is 44.1 Å². The lowest BCUT2D eigenvalue weighted by Gasteiger charge is -2.32. The highest BCUT2D eigenvalue weighted by Crippen LogP contribution is 2.36. The molecule has 0 atom stereocenters. The van der Waals surface area contributed by atoms with E-state index >= 15 is 0 Å². The molecule has 5 rings (SSSR count). The summed E-state index contributed by atoms with van der Waals surface area (Å²) in [6.45, 7) is 2.13. The molecule has 1 aromatic heterocycles. The minimum absolute atomic E-state index is 0.121. The average Bonchev–Trinajstić information content (AvgIpc) is 2.96. The number of anilines is 1. The van der Waals surface area contributed by atoms with Gasteiger partial charge in [0.25, 0.3) is 0 Å². The molecular formula is C28H31N5O5. The number of amides is 3. The van der Waals surface area contributed by atoms with Crippen LogP contribution in [0.2, 0.25) is 0 Å². The van der Waals surface area contributed by atoms with Crippen LogP contribution in [0.25, 0.3) is 16.5 Å². The van der Waals surface area contributed by atoms with Crippen LogP contribution >= 0.6 is 0 Å². The molecule has 0 bridgehead atoms. The fraction of sp³-hybridized carbons (Fsp3) is 0.357. The number of hydrogen-bond donors (Lipinski definition) is 2. The molecule has 2 N–H and O–H groups in total. The van der Waals surface area contributed by atoms with E-state index in [9.17, 15) is 9.59 Å². The molecule has 0 radical (unpaired) electrons. The van der Waals surface area contributed by atoms with Crippen LogP contribution in [0.1, 0.15) is 36.4 Å². The highest BCUT2D eigenvalue weighted by molar-refractivity contribution is 5.90. The molecular weight excluding hydrogens is 486 g/mol. The second-order valence-corrected chi connectivity index (χ2v) is 9.46. The predicted octanol–water partition coefficient (Wildman–Crippen LogP) is 4.83. The number of hydrogen-bond acceptors (Lipinski definition) is 6. The second kappa shape index (κ2) is 11.0. The Labute approximate surface area is 220 Å². The number of nitrogens with zero attached hydrogens (tertiary/aromatic N) is 4. The van der Waals surface area contributed by atoms with Gasteiger partial charge in [-0.15, -0.1) is 0 Å². The molecule has 10 nitrogen and oxygen atoms in total. The van der Waals surface area contributed by atoms with E-state index in [2.05, 4.69) is 15.3 Å². The maximum absolute atomic E-state index is 12.9. The van der Waals surface area contributed by atoms with Crippen LogP contribution in [0.15, 0.2) is 48.8 Å². The number of piperidine rings is 1. The Morgan fingerprint density at radius 1 is 0.974 bits per heavy atom. The SMILES string of the molecule is COc1cc2ncnc(C3CCN(C(=O)Nc4ccc(C5=CCN(C(=O)O)CC5)cc4)CC3)c2cc1OC. The number of fused-ring (bicyclic) bond motifs is 1. The minimum Gasteiger partial charge on any atom is -0.493 e. The van der Waals surface area contributed by atoms with Crippen LogP contribution in [0.3, 0.4) is 0 Å². The zero-order valence-corrected chi connectivity index (χ0v) is 21.5. The number of rotatable bonds is 5. The summed E-state index contributed by atoms with van der Waals surface area (Å²) >= 11 is 0. The maximum Gasteiger partial charge on any atom is 0.407 e. The molecule has 10 heteroatoms. The molecule has 198 valence electrons. The van der Waals surface area contributed by atoms with Crippen LogP contribution in [-0.2, 0) is 0 Å². The summed E-state index contributed by atoms with van der Waals surface area (Å²) in [5, 5.41) is 13.1. The summed E-state index contributed by atoms with van der Waals surface area (Å²) < 4.78 is 10.9. The van der Waals surface area contributed by atoms with Crippen molar-refractivity contribution in [2.24, 2.45) is 0 Å². The van der Waals surface area contributed by atoms with Crippen LogP contribution in [0.5, 0.6) is 11.5 Å². The third kappa shape index (κ3) is 5.20. The van der Waals surface area contributed by atoms with Crippen molar-refractivity contribution in [2.75, 3.05) is 45.7 Å². The van der Waals surface area contributed by atoms with Gasteiger partial charge in [-0.25, -0.2) is 19.6 Å². The lowest BCUT2D eigenvalue weighted by Crippen LogP contribution is -2.40. The number of likely N-dealkylation sites (tertiary alicyclic amines) is 1. The van der Waals surface area contributed by atoms with Gasteiger partial charge in [-0.2, -0.15) is 0 Å². The molecule has 0 unspecified atom stereocenters. The van der Waals surface area contributed by atoms with Crippen molar-refractivity contribution in [3.63, 3.8) is 0 Å². The summed E-state index contributed by atoms with van der Waals surface area (Å²) in [5.41, 5.74) is 4.66. The molecule has 3 heterocycles. The number of carbonyl (C=O) groups is 2. The first-order chi connectivity index (χ1) is 18.5. The van der Waals surface area contributed by atoms with Crippen LogP contribution in [0, 0.1) is 0 Å². The molecule has 2 aromatic carbocycles. The first-order valence-corrected chi connectivity index (χ1v) is 12.7. The van der Waals surface area contributed by atoms with Crippen molar-refractivity contribution >= 4 is 34.3 Å². The standard InChI is InChI=1S/C28H31N5O5/c1-37-24-15-22-23(16-25(24)38-2)29-17-30-26(22)20-9-11-32(12-10-20)27(34)31-21-5-3-18(4-6-21)19-7-13-33(14-8-19)28(35)36/h3-7,15-17,20H,8-14H2,1-2H3,(H,31,34)(H,35,36). The Bertz CT molecular complexity index is 1370. The van der Waals surface area contributed by atoms with Gasteiger partial charge in [-0.1, -0.05) is 18.2 Å². The van der Waals surface area contributed by atoms with Gasteiger partial charge in [-0.3, -0.25) is 0 Å². The Balaban J connectivity index is 1.20. The number of aromatic nitrogens is 2. The zero-order valence-electron chi connectivity index (χ0n) is 21.5. The normalized spacial score (nSPS) is 16.2. The van der Waals surface area contributed by atoms with Crippen LogP contribution < -0.4 is 14.8 Å². The van der Waals surface area contributed by atoms with E-state index in [-0.39, 0.29) is 11.9 Å². The highest BCUT2D eigenvalue weighted by Gasteiger charge is 2.27. The molecule has 38 heavy (non-hydrogen) atoms. The van der Waals surface area contributed by atoms with E-state index in [1.807, 2.05) is 47.4 Å². The largest absolute Gasteiger partial charge is 0.493 e. The quantitative estimate of drug-likeness (QED) is 0.498. The van der Waals surface area contributed by atoms with Crippen molar-refractivity contribution < 1.29 is 24.2 Å². The topological polar surface area (TPSA) is 117 Å². The van der Waals surface area contributed by atoms with Crippen molar-refractivity contribution in [3.05, 3.63) is 60.1 Å². The van der Waals surface area contributed by atoms with E-state index in [1.165, 1.54) is 4.90 Å². The van der Waals surface area contributed by atoms with Crippen molar-refractivity contribution in [3.8, 4) is 11.5 Å². The molecule has 2 aliphatic heterocycles. The summed E-state index contributed by atoms with van der Waals surface area (Å²) in [4.78, 5) is 36.3. The monoisotopic (exact) mass is 517 g/mol. The second-order valence-electron chi connectivity index (χ2n) is 9.46. The summed E-state index contributed by atoms with van der Waals surface area (Å²) in [6, 6.07) is 11.4. The van der Waals surface area contributed by atoms with Gasteiger partial charge < -0.3 is 29.7 Å². The molecule has 1 fully saturated rings. The van der Waals surface area contributed by atoms with Crippen LogP contribution in [0.4, 0.5) is 15.3 Å². The first-order valence-electron chi connectivity index (χ1n) is 12.7. The van der Waals surface area contributed by atoms with Crippen LogP contribution in [-0.4, -0.2) is 77.4 Å². The molecule has 0 spiro atoms. The molecule has 0 saturated carbocycles. The number of benzene rings is 2. The van der Waals surface area contributed by atoms with E-state index in [4.69, 9.17) is 14.6 Å². The summed E-state index contributed by atoms with van der Waals surface area (Å²) in [5.74, 6) is 1.48.